The van der Waals surface area contributed by atoms with Crippen LogP contribution in [0.3, 0.4) is 0 Å². The Hall–Kier alpha value is -3.46. The molecule has 8 nitrogen and oxygen atoms in total. The third-order valence-corrected chi connectivity index (χ3v) is 5.41. The van der Waals surface area contributed by atoms with Crippen LogP contribution in [0.4, 0.5) is 5.69 Å². The molecule has 0 bridgehead atoms. The summed E-state index contributed by atoms with van der Waals surface area (Å²) in [7, 11) is 1.75. The zero-order valence-electron chi connectivity index (χ0n) is 16.3. The van der Waals surface area contributed by atoms with Gasteiger partial charge in [0.1, 0.15) is 12.2 Å². The lowest BCUT2D eigenvalue weighted by atomic mass is 10.2. The first kappa shape index (κ1) is 19.8. The van der Waals surface area contributed by atoms with Gasteiger partial charge in [-0.15, -0.1) is 0 Å². The number of carbonyl (C=O) groups is 1. The van der Waals surface area contributed by atoms with Gasteiger partial charge in [0, 0.05) is 11.5 Å². The lowest BCUT2D eigenvalue weighted by molar-refractivity contribution is -0.116. The largest absolute Gasteiger partial charge is 0.318 e. The lowest BCUT2D eigenvalue weighted by Crippen LogP contribution is -2.29. The molecule has 1 N–H and O–H groups in total. The minimum absolute atomic E-state index is 0.177. The van der Waals surface area contributed by atoms with Crippen molar-refractivity contribution in [2.75, 3.05) is 5.32 Å². The predicted molar refractivity (Wildman–Crippen MR) is 118 cm³/mol. The molecule has 2 aromatic carbocycles. The van der Waals surface area contributed by atoms with E-state index in [9.17, 15) is 14.4 Å². The highest BCUT2D eigenvalue weighted by Crippen LogP contribution is 2.16. The van der Waals surface area contributed by atoms with Crippen LogP contribution in [0.1, 0.15) is 5.69 Å². The number of hydrogen-bond donors (Lipinski definition) is 1. The fourth-order valence-corrected chi connectivity index (χ4v) is 3.65. The Kier molecular flexibility index (Phi) is 5.13. The summed E-state index contributed by atoms with van der Waals surface area (Å²) in [5.74, 6) is -0.487. The fourth-order valence-electron chi connectivity index (χ4n) is 3.29. The quantitative estimate of drug-likeness (QED) is 0.499. The number of fused-ring (bicyclic) bond motifs is 1. The van der Waals surface area contributed by atoms with E-state index >= 15 is 0 Å². The molecule has 4 aromatic rings. The molecule has 0 aliphatic carbocycles. The monoisotopic (exact) mass is 467 g/mol. The van der Waals surface area contributed by atoms with Crippen molar-refractivity contribution in [3.8, 4) is 5.69 Å². The van der Waals surface area contributed by atoms with E-state index in [2.05, 4.69) is 26.2 Å². The molecule has 0 unspecified atom stereocenters. The van der Waals surface area contributed by atoms with E-state index < -0.39 is 5.91 Å². The Morgan fingerprint density at radius 2 is 1.83 bits per heavy atom. The molecule has 0 spiro atoms. The number of hydrogen-bond acceptors (Lipinski definition) is 4. The van der Waals surface area contributed by atoms with Gasteiger partial charge >= 0.3 is 0 Å². The van der Waals surface area contributed by atoms with Crippen LogP contribution in [0.25, 0.3) is 16.6 Å². The van der Waals surface area contributed by atoms with Crippen LogP contribution in [0.15, 0.2) is 68.9 Å². The van der Waals surface area contributed by atoms with Crippen LogP contribution in [0.2, 0.25) is 0 Å². The molecular weight excluding hydrogens is 450 g/mol. The van der Waals surface area contributed by atoms with E-state index in [4.69, 9.17) is 0 Å². The first-order valence-electron chi connectivity index (χ1n) is 9.15. The highest BCUT2D eigenvalue weighted by molar-refractivity contribution is 9.10. The van der Waals surface area contributed by atoms with E-state index in [1.54, 1.807) is 36.9 Å². The van der Waals surface area contributed by atoms with Crippen LogP contribution in [-0.2, 0) is 18.4 Å². The molecule has 9 heteroatoms. The third-order valence-electron chi connectivity index (χ3n) is 4.92. The van der Waals surface area contributed by atoms with Crippen LogP contribution in [0.5, 0.6) is 0 Å². The Morgan fingerprint density at radius 3 is 2.57 bits per heavy atom. The molecule has 30 heavy (non-hydrogen) atoms. The summed E-state index contributed by atoms with van der Waals surface area (Å²) >= 11 is 3.34. The first-order chi connectivity index (χ1) is 14.4. The summed E-state index contributed by atoms with van der Waals surface area (Å²) in [6.07, 6.45) is 1.33. The van der Waals surface area contributed by atoms with Gasteiger partial charge in [-0.3, -0.25) is 23.6 Å². The maximum atomic E-state index is 12.9. The Labute approximate surface area is 179 Å². The van der Waals surface area contributed by atoms with Crippen molar-refractivity contribution >= 4 is 38.4 Å². The second-order valence-corrected chi connectivity index (χ2v) is 7.74. The summed E-state index contributed by atoms with van der Waals surface area (Å²) in [6, 6.07) is 14.3. The van der Waals surface area contributed by atoms with E-state index in [0.717, 1.165) is 4.47 Å². The van der Waals surface area contributed by atoms with Crippen LogP contribution in [0, 0.1) is 6.92 Å². The number of para-hydroxylation sites is 1. The Bertz CT molecular complexity index is 1390. The average Bonchev–Trinajstić information content (AvgIpc) is 2.94. The van der Waals surface area contributed by atoms with Crippen LogP contribution >= 0.6 is 15.9 Å². The van der Waals surface area contributed by atoms with Gasteiger partial charge in [-0.05, 0) is 37.3 Å². The number of aromatic nitrogens is 4. The van der Waals surface area contributed by atoms with Gasteiger partial charge in [0.25, 0.3) is 11.1 Å². The molecular formula is C21H18BrN5O3. The second kappa shape index (κ2) is 7.75. The second-order valence-electron chi connectivity index (χ2n) is 6.82. The van der Waals surface area contributed by atoms with Crippen LogP contribution < -0.4 is 16.4 Å². The molecule has 152 valence electrons. The van der Waals surface area contributed by atoms with Gasteiger partial charge in [0.15, 0.2) is 0 Å². The molecule has 0 aliphatic rings. The van der Waals surface area contributed by atoms with E-state index in [-0.39, 0.29) is 23.4 Å². The zero-order chi connectivity index (χ0) is 21.4. The van der Waals surface area contributed by atoms with Crippen molar-refractivity contribution in [3.63, 3.8) is 0 Å². The van der Waals surface area contributed by atoms with Gasteiger partial charge in [-0.25, -0.2) is 9.67 Å². The molecule has 0 saturated carbocycles. The number of anilines is 1. The van der Waals surface area contributed by atoms with Crippen molar-refractivity contribution in [2.45, 2.75) is 13.5 Å². The number of nitrogens with one attached hydrogen (secondary N) is 1. The number of benzene rings is 2. The molecule has 0 aliphatic heterocycles. The van der Waals surface area contributed by atoms with Crippen LogP contribution in [-0.4, -0.2) is 24.8 Å². The standard InChI is InChI=1S/C21H18BrN5O3/c1-13-19(21(30)27(25(13)2)15-6-4-3-5-7-15)24-18(28)11-26-12-23-17-9-8-14(22)10-16(17)20(26)29/h3-10,12H,11H2,1-2H3,(H,24,28). The lowest BCUT2D eigenvalue weighted by Gasteiger charge is -2.08. The molecule has 2 heterocycles. The summed E-state index contributed by atoms with van der Waals surface area (Å²) < 4.78 is 5.12. The maximum absolute atomic E-state index is 12.9. The molecule has 0 fully saturated rings. The third kappa shape index (κ3) is 3.48. The Balaban J connectivity index is 1.64. The number of nitrogens with zero attached hydrogens (tertiary/aromatic N) is 4. The fraction of sp³-hybridized carbons (Fsp3) is 0.143. The minimum atomic E-state index is -0.487. The van der Waals surface area contributed by atoms with Crippen molar-refractivity contribution < 1.29 is 4.79 Å². The maximum Gasteiger partial charge on any atom is 0.295 e. The summed E-state index contributed by atoms with van der Waals surface area (Å²) in [5.41, 5.74) is 1.34. The summed E-state index contributed by atoms with van der Waals surface area (Å²) in [4.78, 5) is 42.5. The predicted octanol–water partition coefficient (Wildman–Crippen LogP) is 2.60. The average molecular weight is 468 g/mol. The molecule has 2 aromatic heterocycles. The van der Waals surface area contributed by atoms with E-state index in [1.165, 1.54) is 15.6 Å². The van der Waals surface area contributed by atoms with Gasteiger partial charge < -0.3 is 5.32 Å². The van der Waals surface area contributed by atoms with Gasteiger partial charge in [-0.2, -0.15) is 0 Å². The summed E-state index contributed by atoms with van der Waals surface area (Å²) in [6.45, 7) is 1.49. The molecule has 4 rings (SSSR count). The zero-order valence-corrected chi connectivity index (χ0v) is 17.9. The van der Waals surface area contributed by atoms with Crippen molar-refractivity contribution in [3.05, 3.63) is 85.7 Å². The number of rotatable bonds is 4. The summed E-state index contributed by atoms with van der Waals surface area (Å²) in [5, 5.41) is 3.06. The van der Waals surface area contributed by atoms with Crippen molar-refractivity contribution in [1.29, 1.82) is 0 Å². The minimum Gasteiger partial charge on any atom is -0.318 e. The highest BCUT2D eigenvalue weighted by atomic mass is 79.9. The van der Waals surface area contributed by atoms with E-state index in [0.29, 0.717) is 22.3 Å². The van der Waals surface area contributed by atoms with Gasteiger partial charge in [0.05, 0.1) is 28.6 Å². The van der Waals surface area contributed by atoms with E-state index in [1.807, 2.05) is 30.3 Å². The molecule has 0 atom stereocenters. The number of amides is 1. The Morgan fingerprint density at radius 1 is 1.10 bits per heavy atom. The number of carbonyl (C=O) groups excluding carboxylic acids is 1. The normalized spacial score (nSPS) is 11.0. The topological polar surface area (TPSA) is 90.9 Å². The van der Waals surface area contributed by atoms with Gasteiger partial charge in [0.2, 0.25) is 5.91 Å². The van der Waals surface area contributed by atoms with Gasteiger partial charge in [-0.1, -0.05) is 34.1 Å². The molecule has 0 radical (unpaired) electrons. The molecule has 0 saturated heterocycles. The van der Waals surface area contributed by atoms with Crippen molar-refractivity contribution in [1.82, 2.24) is 18.9 Å². The first-order valence-corrected chi connectivity index (χ1v) is 9.94. The number of halogens is 1. The molecule has 1 amide bonds. The highest BCUT2D eigenvalue weighted by Gasteiger charge is 2.18. The van der Waals surface area contributed by atoms with Crippen molar-refractivity contribution in [2.24, 2.45) is 7.05 Å². The SMILES string of the molecule is Cc1c(NC(=O)Cn2cnc3ccc(Br)cc3c2=O)c(=O)n(-c2ccccc2)n1C. The smallest absolute Gasteiger partial charge is 0.295 e.